The number of nitrogens with zero attached hydrogens (tertiary/aromatic N) is 1. The highest BCUT2D eigenvalue weighted by Gasteiger charge is 2.27. The number of piperidine rings is 1. The number of carbonyl (C=O) groups is 1. The van der Waals surface area contributed by atoms with E-state index in [1.54, 1.807) is 0 Å². The molecule has 0 radical (unpaired) electrons. The molecule has 0 aliphatic carbocycles. The van der Waals surface area contributed by atoms with Gasteiger partial charge in [0.05, 0.1) is 13.0 Å². The van der Waals surface area contributed by atoms with Crippen LogP contribution >= 0.6 is 0 Å². The van der Waals surface area contributed by atoms with Crippen molar-refractivity contribution in [1.82, 2.24) is 4.90 Å². The first-order chi connectivity index (χ1) is 7.19. The van der Waals surface area contributed by atoms with Crippen molar-refractivity contribution < 1.29 is 9.53 Å². The molecule has 4 nitrogen and oxygen atoms in total. The molecule has 0 spiro atoms. The second-order valence-corrected chi connectivity index (χ2v) is 4.26. The molecule has 1 saturated heterocycles. The number of rotatable bonds is 4. The summed E-state index contributed by atoms with van der Waals surface area (Å²) in [4.78, 5) is 13.7. The summed E-state index contributed by atoms with van der Waals surface area (Å²) in [5.74, 6) is 0.0532. The normalized spacial score (nSPS) is 21.3. The van der Waals surface area contributed by atoms with Crippen molar-refractivity contribution >= 4 is 5.97 Å². The van der Waals surface area contributed by atoms with E-state index >= 15 is 0 Å². The predicted molar refractivity (Wildman–Crippen MR) is 59.4 cm³/mol. The van der Waals surface area contributed by atoms with Gasteiger partial charge in [-0.05, 0) is 45.8 Å². The zero-order valence-electron chi connectivity index (χ0n) is 9.74. The standard InChI is InChI=1S/C11H22N2O2/c1-9(3-6-12)13-7-4-10(5-8-13)11(14)15-2/h9-10H,3-8,12H2,1-2H3. The van der Waals surface area contributed by atoms with E-state index in [2.05, 4.69) is 11.8 Å². The van der Waals surface area contributed by atoms with Crippen molar-refractivity contribution in [1.29, 1.82) is 0 Å². The fourth-order valence-electron chi connectivity index (χ4n) is 2.17. The highest BCUT2D eigenvalue weighted by atomic mass is 16.5. The van der Waals surface area contributed by atoms with Gasteiger partial charge in [-0.15, -0.1) is 0 Å². The van der Waals surface area contributed by atoms with Gasteiger partial charge in [-0.1, -0.05) is 0 Å². The van der Waals surface area contributed by atoms with Crippen LogP contribution in [0.1, 0.15) is 26.2 Å². The molecule has 1 aliphatic rings. The Morgan fingerprint density at radius 2 is 2.13 bits per heavy atom. The third-order valence-electron chi connectivity index (χ3n) is 3.27. The Morgan fingerprint density at radius 3 is 2.60 bits per heavy atom. The summed E-state index contributed by atoms with van der Waals surface area (Å²) in [5, 5.41) is 0. The zero-order chi connectivity index (χ0) is 11.3. The highest BCUT2D eigenvalue weighted by Crippen LogP contribution is 2.20. The van der Waals surface area contributed by atoms with E-state index in [0.29, 0.717) is 6.04 Å². The monoisotopic (exact) mass is 214 g/mol. The first kappa shape index (κ1) is 12.5. The summed E-state index contributed by atoms with van der Waals surface area (Å²) in [6.07, 6.45) is 2.87. The summed E-state index contributed by atoms with van der Waals surface area (Å²) in [6.45, 7) is 4.91. The first-order valence-electron chi connectivity index (χ1n) is 5.71. The lowest BCUT2D eigenvalue weighted by Crippen LogP contribution is -2.42. The van der Waals surface area contributed by atoms with Crippen LogP contribution < -0.4 is 5.73 Å². The Morgan fingerprint density at radius 1 is 1.53 bits per heavy atom. The van der Waals surface area contributed by atoms with Gasteiger partial charge in [-0.25, -0.2) is 0 Å². The van der Waals surface area contributed by atoms with Crippen LogP contribution in [0.2, 0.25) is 0 Å². The van der Waals surface area contributed by atoms with E-state index in [4.69, 9.17) is 10.5 Å². The maximum Gasteiger partial charge on any atom is 0.308 e. The molecule has 15 heavy (non-hydrogen) atoms. The van der Waals surface area contributed by atoms with Gasteiger partial charge in [0.2, 0.25) is 0 Å². The topological polar surface area (TPSA) is 55.6 Å². The number of hydrogen-bond donors (Lipinski definition) is 1. The van der Waals surface area contributed by atoms with Gasteiger partial charge in [0.25, 0.3) is 0 Å². The Kier molecular flexibility index (Phi) is 5.05. The molecule has 0 amide bonds. The third-order valence-corrected chi connectivity index (χ3v) is 3.27. The van der Waals surface area contributed by atoms with Crippen LogP contribution in [0, 0.1) is 5.92 Å². The van der Waals surface area contributed by atoms with Crippen LogP contribution in [0.4, 0.5) is 0 Å². The van der Waals surface area contributed by atoms with E-state index < -0.39 is 0 Å². The van der Waals surface area contributed by atoms with E-state index in [1.165, 1.54) is 7.11 Å². The predicted octanol–water partition coefficient (Wildman–Crippen LogP) is 0.609. The lowest BCUT2D eigenvalue weighted by atomic mass is 9.95. The van der Waals surface area contributed by atoms with Gasteiger partial charge in [0, 0.05) is 6.04 Å². The van der Waals surface area contributed by atoms with Gasteiger partial charge in [-0.3, -0.25) is 4.79 Å². The molecule has 1 fully saturated rings. The Labute approximate surface area is 91.8 Å². The van der Waals surface area contributed by atoms with Gasteiger partial charge < -0.3 is 15.4 Å². The van der Waals surface area contributed by atoms with Gasteiger partial charge in [0.15, 0.2) is 0 Å². The minimum absolute atomic E-state index is 0.0545. The zero-order valence-corrected chi connectivity index (χ0v) is 9.74. The molecule has 0 saturated carbocycles. The molecule has 1 aliphatic heterocycles. The van der Waals surface area contributed by atoms with Crippen molar-refractivity contribution in [2.75, 3.05) is 26.7 Å². The molecule has 2 N–H and O–H groups in total. The maximum absolute atomic E-state index is 11.3. The molecule has 1 heterocycles. The molecule has 1 rings (SSSR count). The van der Waals surface area contributed by atoms with Crippen LogP contribution in [0.25, 0.3) is 0 Å². The average Bonchev–Trinajstić information content (AvgIpc) is 2.28. The van der Waals surface area contributed by atoms with Gasteiger partial charge >= 0.3 is 5.97 Å². The summed E-state index contributed by atoms with van der Waals surface area (Å²) in [5.41, 5.74) is 5.53. The molecule has 1 unspecified atom stereocenters. The summed E-state index contributed by atoms with van der Waals surface area (Å²) >= 11 is 0. The lowest BCUT2D eigenvalue weighted by molar-refractivity contribution is -0.147. The fraction of sp³-hybridized carbons (Fsp3) is 0.909. The smallest absolute Gasteiger partial charge is 0.308 e. The molecule has 0 aromatic heterocycles. The number of ether oxygens (including phenoxy) is 1. The molecule has 0 aromatic carbocycles. The Hall–Kier alpha value is -0.610. The SMILES string of the molecule is COC(=O)C1CCN(C(C)CCN)CC1. The first-order valence-corrected chi connectivity index (χ1v) is 5.71. The van der Waals surface area contributed by atoms with Crippen LogP contribution in [0.5, 0.6) is 0 Å². The number of nitrogens with two attached hydrogens (primary N) is 1. The summed E-state index contributed by atoms with van der Waals surface area (Å²) in [7, 11) is 1.46. The molecule has 4 heteroatoms. The largest absolute Gasteiger partial charge is 0.469 e. The molecular formula is C11H22N2O2. The lowest BCUT2D eigenvalue weighted by Gasteiger charge is -2.34. The van der Waals surface area contributed by atoms with Crippen molar-refractivity contribution in [2.24, 2.45) is 11.7 Å². The van der Waals surface area contributed by atoms with Gasteiger partial charge in [0.1, 0.15) is 0 Å². The van der Waals surface area contributed by atoms with E-state index in [9.17, 15) is 4.79 Å². The fourth-order valence-corrected chi connectivity index (χ4v) is 2.17. The van der Waals surface area contributed by atoms with E-state index in [1.807, 2.05) is 0 Å². The van der Waals surface area contributed by atoms with Crippen LogP contribution in [-0.4, -0.2) is 43.7 Å². The van der Waals surface area contributed by atoms with Crippen LogP contribution in [0.3, 0.4) is 0 Å². The Balaban J connectivity index is 2.32. The number of methoxy groups -OCH3 is 1. The van der Waals surface area contributed by atoms with Crippen molar-refractivity contribution in [3.05, 3.63) is 0 Å². The molecule has 0 aromatic rings. The van der Waals surface area contributed by atoms with Crippen LogP contribution in [-0.2, 0) is 9.53 Å². The number of likely N-dealkylation sites (tertiary alicyclic amines) is 1. The maximum atomic E-state index is 11.3. The summed E-state index contributed by atoms with van der Waals surface area (Å²) < 4.78 is 4.76. The average molecular weight is 214 g/mol. The number of hydrogen-bond acceptors (Lipinski definition) is 4. The summed E-state index contributed by atoms with van der Waals surface area (Å²) in [6, 6.07) is 0.536. The van der Waals surface area contributed by atoms with Crippen molar-refractivity contribution in [3.63, 3.8) is 0 Å². The van der Waals surface area contributed by atoms with E-state index in [-0.39, 0.29) is 11.9 Å². The molecule has 1 atom stereocenters. The van der Waals surface area contributed by atoms with Crippen LogP contribution in [0.15, 0.2) is 0 Å². The molecule has 0 bridgehead atoms. The quantitative estimate of drug-likeness (QED) is 0.697. The highest BCUT2D eigenvalue weighted by molar-refractivity contribution is 5.72. The minimum atomic E-state index is -0.0545. The van der Waals surface area contributed by atoms with Gasteiger partial charge in [-0.2, -0.15) is 0 Å². The number of carbonyl (C=O) groups excluding carboxylic acids is 1. The molecular weight excluding hydrogens is 192 g/mol. The van der Waals surface area contributed by atoms with E-state index in [0.717, 1.165) is 38.9 Å². The number of esters is 1. The third kappa shape index (κ3) is 3.47. The second kappa shape index (κ2) is 6.08. The van der Waals surface area contributed by atoms with Crippen molar-refractivity contribution in [3.8, 4) is 0 Å². The second-order valence-electron chi connectivity index (χ2n) is 4.26. The minimum Gasteiger partial charge on any atom is -0.469 e. The van der Waals surface area contributed by atoms with Crippen molar-refractivity contribution in [2.45, 2.75) is 32.2 Å². The molecule has 88 valence electrons. The Bertz CT molecular complexity index is 201.